The van der Waals surface area contributed by atoms with Crippen molar-refractivity contribution in [3.8, 4) is 16.9 Å². The van der Waals surface area contributed by atoms with Crippen LogP contribution in [0.25, 0.3) is 11.1 Å². The van der Waals surface area contributed by atoms with Gasteiger partial charge in [-0.3, -0.25) is 9.59 Å². The van der Waals surface area contributed by atoms with Crippen LogP contribution in [-0.4, -0.2) is 29.4 Å². The second kappa shape index (κ2) is 7.56. The number of benzene rings is 1. The first-order valence-corrected chi connectivity index (χ1v) is 7.99. The molecule has 0 radical (unpaired) electrons. The molecule has 5 nitrogen and oxygen atoms in total. The van der Waals surface area contributed by atoms with Gasteiger partial charge >= 0.3 is 12.3 Å². The molecule has 0 spiro atoms. The molecule has 1 unspecified atom stereocenters. The lowest BCUT2D eigenvalue weighted by atomic mass is 10.1. The number of nitrogens with one attached hydrogen (secondary N) is 1. The number of ether oxygens (including phenoxy) is 1. The number of amides is 1. The molecule has 1 heterocycles. The maximum atomic E-state index is 12.1. The molecule has 1 aromatic carbocycles. The lowest BCUT2D eigenvalue weighted by molar-refractivity contribution is -0.274. The highest BCUT2D eigenvalue weighted by atomic mass is 32.1. The minimum absolute atomic E-state index is 0.190. The van der Waals surface area contributed by atoms with Crippen molar-refractivity contribution in [3.05, 3.63) is 40.6 Å². The summed E-state index contributed by atoms with van der Waals surface area (Å²) in [4.78, 5) is 23.0. The van der Waals surface area contributed by atoms with Crippen LogP contribution in [0, 0.1) is 0 Å². The van der Waals surface area contributed by atoms with Crippen LogP contribution in [0.2, 0.25) is 0 Å². The Morgan fingerprint density at radius 3 is 2.44 bits per heavy atom. The predicted octanol–water partition coefficient (Wildman–Crippen LogP) is 3.91. The summed E-state index contributed by atoms with van der Waals surface area (Å²) in [5.41, 5.74) is 1.29. The van der Waals surface area contributed by atoms with Gasteiger partial charge in [-0.15, -0.1) is 24.5 Å². The van der Waals surface area contributed by atoms with Crippen LogP contribution >= 0.6 is 11.3 Å². The van der Waals surface area contributed by atoms with E-state index in [1.807, 2.05) is 0 Å². The molecule has 1 atom stereocenters. The third-order valence-corrected chi connectivity index (χ3v) is 4.03. The minimum Gasteiger partial charge on any atom is -0.481 e. The van der Waals surface area contributed by atoms with E-state index in [-0.39, 0.29) is 12.2 Å². The van der Waals surface area contributed by atoms with Gasteiger partial charge in [0.2, 0.25) is 0 Å². The summed E-state index contributed by atoms with van der Waals surface area (Å²) in [6.45, 7) is 1.58. The molecule has 0 aliphatic rings. The fourth-order valence-corrected chi connectivity index (χ4v) is 2.88. The monoisotopic (exact) mass is 373 g/mol. The van der Waals surface area contributed by atoms with Crippen molar-refractivity contribution in [1.29, 1.82) is 0 Å². The van der Waals surface area contributed by atoms with E-state index in [1.165, 1.54) is 24.3 Å². The number of carbonyl (C=O) groups excluding carboxylic acids is 1. The first-order chi connectivity index (χ1) is 11.6. The van der Waals surface area contributed by atoms with Gasteiger partial charge in [-0.05, 0) is 41.6 Å². The number of rotatable bonds is 6. The largest absolute Gasteiger partial charge is 0.573 e. The van der Waals surface area contributed by atoms with Crippen molar-refractivity contribution in [1.82, 2.24) is 5.32 Å². The normalized spacial score (nSPS) is 12.5. The van der Waals surface area contributed by atoms with E-state index in [9.17, 15) is 22.8 Å². The smallest absolute Gasteiger partial charge is 0.481 e. The van der Waals surface area contributed by atoms with Gasteiger partial charge < -0.3 is 15.2 Å². The first kappa shape index (κ1) is 18.8. The van der Waals surface area contributed by atoms with Crippen LogP contribution in [-0.2, 0) is 4.79 Å². The number of carbonyl (C=O) groups is 2. The van der Waals surface area contributed by atoms with E-state index in [0.717, 1.165) is 11.3 Å². The number of hydrogen-bond acceptors (Lipinski definition) is 4. The molecular weight excluding hydrogens is 359 g/mol. The molecule has 2 rings (SSSR count). The van der Waals surface area contributed by atoms with Crippen LogP contribution in [0.1, 0.15) is 23.0 Å². The van der Waals surface area contributed by atoms with Gasteiger partial charge in [0.05, 0.1) is 11.3 Å². The second-order valence-corrected chi connectivity index (χ2v) is 6.16. The fraction of sp³-hybridized carbons (Fsp3) is 0.250. The van der Waals surface area contributed by atoms with Crippen molar-refractivity contribution in [2.75, 3.05) is 0 Å². The summed E-state index contributed by atoms with van der Waals surface area (Å²) in [6.07, 6.45) is -4.94. The Labute approximate surface area is 145 Å². The number of aliphatic carboxylic acids is 1. The molecule has 2 N–H and O–H groups in total. The van der Waals surface area contributed by atoms with E-state index in [4.69, 9.17) is 5.11 Å². The molecule has 2 aromatic rings. The van der Waals surface area contributed by atoms with E-state index in [1.54, 1.807) is 18.4 Å². The Morgan fingerprint density at radius 2 is 1.88 bits per heavy atom. The highest BCUT2D eigenvalue weighted by molar-refractivity contribution is 7.12. The Morgan fingerprint density at radius 1 is 1.24 bits per heavy atom. The first-order valence-electron chi connectivity index (χ1n) is 7.11. The molecule has 134 valence electrons. The number of carboxylic acids is 1. The zero-order chi connectivity index (χ0) is 18.6. The van der Waals surface area contributed by atoms with Crippen molar-refractivity contribution in [3.63, 3.8) is 0 Å². The third kappa shape index (κ3) is 5.79. The van der Waals surface area contributed by atoms with Gasteiger partial charge in [-0.2, -0.15) is 0 Å². The van der Waals surface area contributed by atoms with Crippen molar-refractivity contribution < 1.29 is 32.6 Å². The number of thiophene rings is 1. The number of alkyl halides is 3. The van der Waals surface area contributed by atoms with Gasteiger partial charge in [0, 0.05) is 6.04 Å². The van der Waals surface area contributed by atoms with Crippen molar-refractivity contribution >= 4 is 23.2 Å². The lowest BCUT2D eigenvalue weighted by Crippen LogP contribution is -2.33. The summed E-state index contributed by atoms with van der Waals surface area (Å²) in [5, 5.41) is 12.9. The predicted molar refractivity (Wildman–Crippen MR) is 85.6 cm³/mol. The Kier molecular flexibility index (Phi) is 5.68. The summed E-state index contributed by atoms with van der Waals surface area (Å²) >= 11 is 1.16. The van der Waals surface area contributed by atoms with E-state index < -0.39 is 24.3 Å². The summed E-state index contributed by atoms with van der Waals surface area (Å²) in [5.74, 6) is -1.74. The van der Waals surface area contributed by atoms with Gasteiger partial charge in [-0.25, -0.2) is 0 Å². The fourth-order valence-electron chi connectivity index (χ4n) is 2.06. The SMILES string of the molecule is CC(CC(=O)O)NC(=O)c1cc(-c2ccc(OC(F)(F)F)cc2)cs1. The Hall–Kier alpha value is -2.55. The highest BCUT2D eigenvalue weighted by Crippen LogP contribution is 2.29. The van der Waals surface area contributed by atoms with Gasteiger partial charge in [-0.1, -0.05) is 12.1 Å². The van der Waals surface area contributed by atoms with Crippen LogP contribution < -0.4 is 10.1 Å². The topological polar surface area (TPSA) is 75.6 Å². The molecule has 25 heavy (non-hydrogen) atoms. The van der Waals surface area contributed by atoms with Crippen LogP contribution in [0.3, 0.4) is 0 Å². The second-order valence-electron chi connectivity index (χ2n) is 5.24. The van der Waals surface area contributed by atoms with E-state index in [2.05, 4.69) is 10.1 Å². The molecule has 9 heteroatoms. The average molecular weight is 373 g/mol. The molecule has 0 fully saturated rings. The minimum atomic E-state index is -4.75. The maximum absolute atomic E-state index is 12.1. The molecule has 0 saturated heterocycles. The molecule has 1 amide bonds. The van der Waals surface area contributed by atoms with Crippen LogP contribution in [0.5, 0.6) is 5.75 Å². The van der Waals surface area contributed by atoms with Crippen LogP contribution in [0.15, 0.2) is 35.7 Å². The maximum Gasteiger partial charge on any atom is 0.573 e. The average Bonchev–Trinajstić information content (AvgIpc) is 2.95. The van der Waals surface area contributed by atoms with Gasteiger partial charge in [0.1, 0.15) is 5.75 Å². The third-order valence-electron chi connectivity index (χ3n) is 3.10. The summed E-state index contributed by atoms with van der Waals surface area (Å²) in [6, 6.07) is 6.36. The zero-order valence-corrected chi connectivity index (χ0v) is 13.8. The molecule has 1 aromatic heterocycles. The summed E-state index contributed by atoms with van der Waals surface area (Å²) in [7, 11) is 0. The molecule has 0 bridgehead atoms. The quantitative estimate of drug-likeness (QED) is 0.805. The molecular formula is C16H14F3NO4S. The Balaban J connectivity index is 2.05. The van der Waals surface area contributed by atoms with E-state index >= 15 is 0 Å². The number of hydrogen-bond donors (Lipinski definition) is 2. The van der Waals surface area contributed by atoms with Crippen molar-refractivity contribution in [2.45, 2.75) is 25.7 Å². The lowest BCUT2D eigenvalue weighted by Gasteiger charge is -2.10. The van der Waals surface area contributed by atoms with Gasteiger partial charge in [0.25, 0.3) is 5.91 Å². The van der Waals surface area contributed by atoms with Crippen LogP contribution in [0.4, 0.5) is 13.2 Å². The number of halogens is 3. The highest BCUT2D eigenvalue weighted by Gasteiger charge is 2.31. The van der Waals surface area contributed by atoms with E-state index in [0.29, 0.717) is 16.0 Å². The van der Waals surface area contributed by atoms with Crippen molar-refractivity contribution in [2.24, 2.45) is 0 Å². The molecule has 0 saturated carbocycles. The Bertz CT molecular complexity index is 755. The number of carboxylic acid groups (broad SMARTS) is 1. The summed E-state index contributed by atoms with van der Waals surface area (Å²) < 4.78 is 40.2. The molecule has 0 aliphatic heterocycles. The zero-order valence-electron chi connectivity index (χ0n) is 13.0. The standard InChI is InChI=1S/C16H14F3NO4S/c1-9(6-14(21)22)20-15(23)13-7-11(8-25-13)10-2-4-12(5-3-10)24-16(17,18)19/h2-5,7-9H,6H2,1H3,(H,20,23)(H,21,22). The van der Waals surface area contributed by atoms with Gasteiger partial charge in [0.15, 0.2) is 0 Å². The molecule has 0 aliphatic carbocycles.